The summed E-state index contributed by atoms with van der Waals surface area (Å²) < 4.78 is 11.5. The molecule has 1 aliphatic heterocycles. The number of nitro groups is 1. The zero-order valence-corrected chi connectivity index (χ0v) is 20.4. The molecular formula is C22H13Cl2N3O5S2. The number of nitrogens with zero attached hydrogens (tertiary/aromatic N) is 3. The molecule has 1 aliphatic rings. The average Bonchev–Trinajstić information content (AvgIpc) is 3.09. The van der Waals surface area contributed by atoms with Crippen LogP contribution in [0.1, 0.15) is 5.56 Å². The van der Waals surface area contributed by atoms with Crippen molar-refractivity contribution in [2.45, 2.75) is 0 Å². The van der Waals surface area contributed by atoms with E-state index in [0.29, 0.717) is 42.0 Å². The van der Waals surface area contributed by atoms with Crippen LogP contribution in [0.4, 0.5) is 11.4 Å². The number of amides is 1. The Morgan fingerprint density at radius 2 is 1.91 bits per heavy atom. The van der Waals surface area contributed by atoms with E-state index in [1.165, 1.54) is 24.1 Å². The highest BCUT2D eigenvalue weighted by Gasteiger charge is 2.33. The Hall–Kier alpha value is -3.18. The molecule has 0 saturated carbocycles. The van der Waals surface area contributed by atoms with E-state index >= 15 is 0 Å². The van der Waals surface area contributed by atoms with Crippen LogP contribution in [0.5, 0.6) is 17.4 Å². The minimum Gasteiger partial charge on any atom is -0.493 e. The summed E-state index contributed by atoms with van der Waals surface area (Å²) in [5.41, 5.74) is 1.06. The number of hydrogen-bond acceptors (Lipinski definition) is 8. The largest absolute Gasteiger partial charge is 0.493 e. The van der Waals surface area contributed by atoms with E-state index in [9.17, 15) is 14.9 Å². The number of pyridine rings is 1. The summed E-state index contributed by atoms with van der Waals surface area (Å²) >= 11 is 18.6. The number of aromatic nitrogens is 1. The summed E-state index contributed by atoms with van der Waals surface area (Å²) in [4.78, 5) is 29.0. The van der Waals surface area contributed by atoms with E-state index in [0.717, 1.165) is 18.0 Å². The maximum Gasteiger partial charge on any atom is 0.287 e. The number of rotatable bonds is 6. The maximum atomic E-state index is 13.0. The number of anilines is 1. The first kappa shape index (κ1) is 24.0. The fourth-order valence-corrected chi connectivity index (χ4v) is 4.57. The van der Waals surface area contributed by atoms with E-state index in [-0.39, 0.29) is 17.5 Å². The molecule has 2 heterocycles. The molecule has 4 rings (SSSR count). The molecule has 1 saturated heterocycles. The standard InChI is InChI=1S/C22H13Cl2N3O5S2/c1-31-18-8-12(2-6-17(18)32-20-7-4-14(11-25-20)27(29)30)9-19-21(28)26(22(33)34-19)13-3-5-15(23)16(24)10-13/h2-11H,1H3/b19-9-. The Morgan fingerprint density at radius 1 is 1.12 bits per heavy atom. The normalized spacial score (nSPS) is 14.6. The summed E-state index contributed by atoms with van der Waals surface area (Å²) in [6.07, 6.45) is 2.79. The molecule has 0 N–H and O–H groups in total. The summed E-state index contributed by atoms with van der Waals surface area (Å²) in [5.74, 6) is 0.611. The quantitative estimate of drug-likeness (QED) is 0.153. The van der Waals surface area contributed by atoms with Gasteiger partial charge in [-0.3, -0.25) is 19.8 Å². The Morgan fingerprint density at radius 3 is 2.56 bits per heavy atom. The third-order valence-electron chi connectivity index (χ3n) is 4.59. The topological polar surface area (TPSA) is 94.8 Å². The number of ether oxygens (including phenoxy) is 2. The van der Waals surface area contributed by atoms with Gasteiger partial charge in [-0.1, -0.05) is 53.2 Å². The Kier molecular flexibility index (Phi) is 7.03. The molecule has 2 aromatic carbocycles. The summed E-state index contributed by atoms with van der Waals surface area (Å²) in [6.45, 7) is 0. The molecule has 34 heavy (non-hydrogen) atoms. The first-order valence-electron chi connectivity index (χ1n) is 9.46. The number of hydrogen-bond donors (Lipinski definition) is 0. The van der Waals surface area contributed by atoms with Crippen molar-refractivity contribution in [3.8, 4) is 17.4 Å². The second-order valence-electron chi connectivity index (χ2n) is 6.74. The monoisotopic (exact) mass is 533 g/mol. The zero-order valence-electron chi connectivity index (χ0n) is 17.2. The molecule has 8 nitrogen and oxygen atoms in total. The SMILES string of the molecule is COc1cc(/C=C2\SC(=S)N(c3ccc(Cl)c(Cl)c3)C2=O)ccc1Oc1ccc([N+](=O)[O-])cn1. The maximum absolute atomic E-state index is 13.0. The van der Waals surface area contributed by atoms with Crippen molar-refractivity contribution in [1.29, 1.82) is 0 Å². The second kappa shape index (κ2) is 9.98. The van der Waals surface area contributed by atoms with Gasteiger partial charge in [0.15, 0.2) is 15.8 Å². The van der Waals surface area contributed by atoms with Crippen molar-refractivity contribution >= 4 is 74.9 Å². The lowest BCUT2D eigenvalue weighted by molar-refractivity contribution is -0.385. The van der Waals surface area contributed by atoms with Crippen molar-refractivity contribution in [3.63, 3.8) is 0 Å². The smallest absolute Gasteiger partial charge is 0.287 e. The van der Waals surface area contributed by atoms with Gasteiger partial charge in [-0.2, -0.15) is 0 Å². The molecule has 3 aromatic rings. The Bertz CT molecular complexity index is 1350. The fourth-order valence-electron chi connectivity index (χ4n) is 2.98. The van der Waals surface area contributed by atoms with E-state index < -0.39 is 4.92 Å². The zero-order chi connectivity index (χ0) is 24.4. The lowest BCUT2D eigenvalue weighted by Crippen LogP contribution is -2.27. The number of thioether (sulfide) groups is 1. The van der Waals surface area contributed by atoms with Crippen LogP contribution in [0.15, 0.2) is 59.6 Å². The van der Waals surface area contributed by atoms with Gasteiger partial charge in [0.2, 0.25) is 5.88 Å². The van der Waals surface area contributed by atoms with Crippen LogP contribution in [-0.2, 0) is 4.79 Å². The summed E-state index contributed by atoms with van der Waals surface area (Å²) in [7, 11) is 1.47. The van der Waals surface area contributed by atoms with Crippen LogP contribution in [0.25, 0.3) is 6.08 Å². The highest BCUT2D eigenvalue weighted by atomic mass is 35.5. The molecule has 0 unspecified atom stereocenters. The van der Waals surface area contributed by atoms with Crippen molar-refractivity contribution in [1.82, 2.24) is 4.98 Å². The highest BCUT2D eigenvalue weighted by Crippen LogP contribution is 2.39. The Balaban J connectivity index is 1.57. The third-order valence-corrected chi connectivity index (χ3v) is 6.63. The van der Waals surface area contributed by atoms with Crippen LogP contribution >= 0.6 is 47.2 Å². The first-order valence-corrected chi connectivity index (χ1v) is 11.4. The van der Waals surface area contributed by atoms with Crippen molar-refractivity contribution in [3.05, 3.63) is 85.4 Å². The molecule has 1 fully saturated rings. The predicted molar refractivity (Wildman–Crippen MR) is 136 cm³/mol. The van der Waals surface area contributed by atoms with Gasteiger partial charge < -0.3 is 9.47 Å². The van der Waals surface area contributed by atoms with Crippen LogP contribution in [-0.4, -0.2) is 27.2 Å². The number of benzene rings is 2. The highest BCUT2D eigenvalue weighted by molar-refractivity contribution is 8.27. The van der Waals surface area contributed by atoms with Gasteiger partial charge in [-0.25, -0.2) is 4.98 Å². The lowest BCUT2D eigenvalue weighted by atomic mass is 10.2. The molecule has 172 valence electrons. The molecule has 0 spiro atoms. The van der Waals surface area contributed by atoms with Gasteiger partial charge in [0.1, 0.15) is 6.20 Å². The van der Waals surface area contributed by atoms with Gasteiger partial charge in [-0.05, 0) is 42.0 Å². The van der Waals surface area contributed by atoms with E-state index in [2.05, 4.69) is 4.98 Å². The number of carbonyl (C=O) groups is 1. The predicted octanol–water partition coefficient (Wildman–Crippen LogP) is 6.50. The first-order chi connectivity index (χ1) is 16.3. The minimum absolute atomic E-state index is 0.146. The summed E-state index contributed by atoms with van der Waals surface area (Å²) in [6, 6.07) is 12.6. The third kappa shape index (κ3) is 5.00. The van der Waals surface area contributed by atoms with Gasteiger partial charge in [0.25, 0.3) is 11.6 Å². The molecule has 1 amide bonds. The summed E-state index contributed by atoms with van der Waals surface area (Å²) in [5, 5.41) is 11.5. The lowest BCUT2D eigenvalue weighted by Gasteiger charge is -2.15. The van der Waals surface area contributed by atoms with Gasteiger partial charge in [0.05, 0.1) is 32.7 Å². The molecule has 0 bridgehead atoms. The van der Waals surface area contributed by atoms with E-state index in [1.54, 1.807) is 42.5 Å². The van der Waals surface area contributed by atoms with Crippen LogP contribution in [0.3, 0.4) is 0 Å². The molecule has 12 heteroatoms. The number of carbonyl (C=O) groups excluding carboxylic acids is 1. The van der Waals surface area contributed by atoms with E-state index in [4.69, 9.17) is 44.9 Å². The molecule has 0 aliphatic carbocycles. The van der Waals surface area contributed by atoms with Crippen LogP contribution in [0.2, 0.25) is 10.0 Å². The van der Waals surface area contributed by atoms with Crippen molar-refractivity contribution in [2.24, 2.45) is 0 Å². The average molecular weight is 534 g/mol. The molecule has 0 radical (unpaired) electrons. The minimum atomic E-state index is -0.545. The van der Waals surface area contributed by atoms with Gasteiger partial charge >= 0.3 is 0 Å². The number of thiocarbonyl (C=S) groups is 1. The van der Waals surface area contributed by atoms with Crippen molar-refractivity contribution < 1.29 is 19.2 Å². The van der Waals surface area contributed by atoms with Gasteiger partial charge in [0, 0.05) is 12.1 Å². The Labute approximate surface area is 213 Å². The van der Waals surface area contributed by atoms with Crippen LogP contribution < -0.4 is 14.4 Å². The van der Waals surface area contributed by atoms with Gasteiger partial charge in [-0.15, -0.1) is 0 Å². The number of halogens is 2. The second-order valence-corrected chi connectivity index (χ2v) is 9.23. The fraction of sp³-hybridized carbons (Fsp3) is 0.0455. The van der Waals surface area contributed by atoms with E-state index in [1.807, 2.05) is 0 Å². The molecule has 0 atom stereocenters. The molecule has 1 aromatic heterocycles. The van der Waals surface area contributed by atoms with Crippen LogP contribution in [0, 0.1) is 10.1 Å². The van der Waals surface area contributed by atoms with Crippen molar-refractivity contribution in [2.75, 3.05) is 12.0 Å². The molecular weight excluding hydrogens is 521 g/mol. The number of methoxy groups -OCH3 is 1.